The second-order valence-electron chi connectivity index (χ2n) is 9.29. The highest BCUT2D eigenvalue weighted by molar-refractivity contribution is 7.88. The number of fused-ring (bicyclic) bond motifs is 3. The molecule has 0 radical (unpaired) electrons. The van der Waals surface area contributed by atoms with Crippen LogP contribution >= 0.6 is 0 Å². The molecule has 6 nitrogen and oxygen atoms in total. The van der Waals surface area contributed by atoms with Gasteiger partial charge in [0.15, 0.2) is 0 Å². The number of hydrogen-bond donors (Lipinski definition) is 1. The largest absolute Gasteiger partial charge is 0.349 e. The van der Waals surface area contributed by atoms with E-state index in [1.54, 1.807) is 4.31 Å². The molecule has 2 aromatic carbocycles. The van der Waals surface area contributed by atoms with Gasteiger partial charge in [0.2, 0.25) is 10.0 Å². The minimum absolute atomic E-state index is 0.0163. The number of nitrogens with one attached hydrogen (secondary N) is 1. The molecule has 7 heteroatoms. The maximum absolute atomic E-state index is 13.7. The fourth-order valence-corrected chi connectivity index (χ4v) is 7.24. The Morgan fingerprint density at radius 2 is 1.69 bits per heavy atom. The zero-order valence-corrected chi connectivity index (χ0v) is 19.5. The van der Waals surface area contributed by atoms with Crippen molar-refractivity contribution < 1.29 is 13.2 Å². The third-order valence-electron chi connectivity index (χ3n) is 7.01. The molecule has 168 valence electrons. The summed E-state index contributed by atoms with van der Waals surface area (Å²) in [6, 6.07) is 16.2. The molecule has 3 aromatic rings. The van der Waals surface area contributed by atoms with Crippen LogP contribution in [0.5, 0.6) is 0 Å². The van der Waals surface area contributed by atoms with E-state index in [0.29, 0.717) is 18.4 Å². The van der Waals surface area contributed by atoms with Gasteiger partial charge < -0.3 is 9.88 Å². The second kappa shape index (κ2) is 7.74. The van der Waals surface area contributed by atoms with Gasteiger partial charge in [-0.15, -0.1) is 0 Å². The van der Waals surface area contributed by atoms with Crippen molar-refractivity contribution in [3.05, 3.63) is 59.7 Å². The van der Waals surface area contributed by atoms with Gasteiger partial charge in [-0.25, -0.2) is 8.42 Å². The molecule has 2 bridgehead atoms. The highest BCUT2D eigenvalue weighted by Gasteiger charge is 2.45. The molecule has 1 amide bonds. The van der Waals surface area contributed by atoms with Gasteiger partial charge in [0.1, 0.15) is 0 Å². The van der Waals surface area contributed by atoms with E-state index < -0.39 is 10.0 Å². The lowest BCUT2D eigenvalue weighted by atomic mass is 9.98. The Balaban J connectivity index is 1.51. The van der Waals surface area contributed by atoms with Crippen LogP contribution in [0.3, 0.4) is 0 Å². The summed E-state index contributed by atoms with van der Waals surface area (Å²) >= 11 is 0. The van der Waals surface area contributed by atoms with Gasteiger partial charge in [-0.1, -0.05) is 42.0 Å². The summed E-state index contributed by atoms with van der Waals surface area (Å²) in [5, 5.41) is 4.21. The van der Waals surface area contributed by atoms with Gasteiger partial charge in [-0.2, -0.15) is 4.31 Å². The molecular weight excluding hydrogens is 422 g/mol. The maximum Gasteiger partial charge on any atom is 0.254 e. The van der Waals surface area contributed by atoms with Crippen LogP contribution in [0.25, 0.3) is 22.2 Å². The predicted octanol–water partition coefficient (Wildman–Crippen LogP) is 3.84. The Bertz CT molecular complexity index is 1280. The monoisotopic (exact) mass is 451 g/mol. The molecule has 5 rings (SSSR count). The minimum atomic E-state index is -3.22. The van der Waals surface area contributed by atoms with Crippen molar-refractivity contribution in [2.75, 3.05) is 6.26 Å². The van der Waals surface area contributed by atoms with Crippen LogP contribution in [0.4, 0.5) is 0 Å². The summed E-state index contributed by atoms with van der Waals surface area (Å²) in [4.78, 5) is 13.7. The first-order chi connectivity index (χ1) is 15.2. The third kappa shape index (κ3) is 3.53. The molecule has 0 spiro atoms. The fourth-order valence-electron chi connectivity index (χ4n) is 5.77. The Labute approximate surface area is 189 Å². The second-order valence-corrected chi connectivity index (χ2v) is 11.2. The highest BCUT2D eigenvalue weighted by atomic mass is 32.2. The number of amides is 1. The highest BCUT2D eigenvalue weighted by Crippen LogP contribution is 2.38. The fraction of sp³-hybridized carbons (Fsp3) is 0.400. The van der Waals surface area contributed by atoms with E-state index in [-0.39, 0.29) is 24.0 Å². The molecule has 2 atom stereocenters. The van der Waals surface area contributed by atoms with Crippen LogP contribution in [0.1, 0.15) is 41.6 Å². The van der Waals surface area contributed by atoms with E-state index in [2.05, 4.69) is 28.1 Å². The zero-order valence-electron chi connectivity index (χ0n) is 18.7. The number of benzene rings is 2. The number of aromatic nitrogens is 1. The van der Waals surface area contributed by atoms with Crippen molar-refractivity contribution in [3.8, 4) is 11.3 Å². The topological polar surface area (TPSA) is 71.4 Å². The Kier molecular flexibility index (Phi) is 5.13. The average Bonchev–Trinajstić information content (AvgIpc) is 3.19. The Morgan fingerprint density at radius 1 is 1.03 bits per heavy atom. The summed E-state index contributed by atoms with van der Waals surface area (Å²) in [5.74, 6) is -0.0859. The summed E-state index contributed by atoms with van der Waals surface area (Å²) in [6.45, 7) is 2.04. The quantitative estimate of drug-likeness (QED) is 0.655. The molecular formula is C25H29N3O3S. The number of hydrogen-bond acceptors (Lipinski definition) is 3. The van der Waals surface area contributed by atoms with E-state index in [1.807, 2.05) is 44.3 Å². The molecule has 32 heavy (non-hydrogen) atoms. The molecule has 2 aliphatic rings. The van der Waals surface area contributed by atoms with Crippen molar-refractivity contribution in [2.45, 2.75) is 50.7 Å². The molecule has 1 N–H and O–H groups in total. The zero-order chi connectivity index (χ0) is 22.6. The van der Waals surface area contributed by atoms with Crippen LogP contribution in [0.15, 0.2) is 48.5 Å². The first kappa shape index (κ1) is 21.2. The lowest BCUT2D eigenvalue weighted by molar-refractivity contribution is 0.0911. The molecule has 3 heterocycles. The molecule has 0 aliphatic carbocycles. The molecule has 2 aliphatic heterocycles. The number of rotatable bonds is 4. The van der Waals surface area contributed by atoms with Gasteiger partial charge in [-0.05, 0) is 50.3 Å². The van der Waals surface area contributed by atoms with Crippen LogP contribution in [0.2, 0.25) is 0 Å². The summed E-state index contributed by atoms with van der Waals surface area (Å²) < 4.78 is 28.2. The van der Waals surface area contributed by atoms with Crippen molar-refractivity contribution in [1.82, 2.24) is 14.2 Å². The molecule has 2 unspecified atom stereocenters. The first-order valence-corrected chi connectivity index (χ1v) is 13.0. The number of carbonyl (C=O) groups is 1. The van der Waals surface area contributed by atoms with E-state index in [1.165, 1.54) is 6.26 Å². The summed E-state index contributed by atoms with van der Waals surface area (Å²) in [5.41, 5.74) is 4.72. The lowest BCUT2D eigenvalue weighted by Gasteiger charge is -2.37. The lowest BCUT2D eigenvalue weighted by Crippen LogP contribution is -2.52. The Hall–Kier alpha value is -2.64. The van der Waals surface area contributed by atoms with Crippen LogP contribution in [0, 0.1) is 6.92 Å². The number of aryl methyl sites for hydroxylation is 2. The third-order valence-corrected chi connectivity index (χ3v) is 8.38. The SMILES string of the molecule is Cc1ccc2c(c1)c(C(=O)NC1CC3CCC(C1)N3S(C)(=O)=O)c(-c1ccccc1)n2C. The number of nitrogens with zero attached hydrogens (tertiary/aromatic N) is 2. The maximum atomic E-state index is 13.7. The smallest absolute Gasteiger partial charge is 0.254 e. The first-order valence-electron chi connectivity index (χ1n) is 11.2. The van der Waals surface area contributed by atoms with Crippen molar-refractivity contribution in [1.29, 1.82) is 0 Å². The Morgan fingerprint density at radius 3 is 2.31 bits per heavy atom. The normalized spacial score (nSPS) is 23.5. The average molecular weight is 452 g/mol. The molecule has 1 aromatic heterocycles. The van der Waals surface area contributed by atoms with Crippen LogP contribution < -0.4 is 5.32 Å². The molecule has 2 fully saturated rings. The van der Waals surface area contributed by atoms with E-state index in [0.717, 1.165) is 40.6 Å². The van der Waals surface area contributed by atoms with Crippen LogP contribution in [-0.4, -0.2) is 47.6 Å². The molecule has 2 saturated heterocycles. The number of carbonyl (C=O) groups excluding carboxylic acids is 1. The van der Waals surface area contributed by atoms with Gasteiger partial charge in [0, 0.05) is 36.1 Å². The standard InChI is InChI=1S/C25H29N3O3S/c1-16-9-12-22-21(13-16)23(24(27(22)2)17-7-5-4-6-8-17)25(29)26-18-14-19-10-11-20(15-18)28(19)32(3,30)31/h4-9,12-13,18-20H,10-11,14-15H2,1-3H3,(H,26,29). The van der Waals surface area contributed by atoms with Gasteiger partial charge >= 0.3 is 0 Å². The predicted molar refractivity (Wildman–Crippen MR) is 127 cm³/mol. The van der Waals surface area contributed by atoms with Crippen LogP contribution in [-0.2, 0) is 17.1 Å². The van der Waals surface area contributed by atoms with E-state index in [9.17, 15) is 13.2 Å². The number of sulfonamides is 1. The number of piperidine rings is 1. The van der Waals surface area contributed by atoms with Gasteiger partial charge in [0.05, 0.1) is 17.5 Å². The van der Waals surface area contributed by atoms with Crippen molar-refractivity contribution in [2.24, 2.45) is 7.05 Å². The van der Waals surface area contributed by atoms with E-state index >= 15 is 0 Å². The minimum Gasteiger partial charge on any atom is -0.349 e. The van der Waals surface area contributed by atoms with E-state index in [4.69, 9.17) is 0 Å². The molecule has 0 saturated carbocycles. The summed E-state index contributed by atoms with van der Waals surface area (Å²) in [6.07, 6.45) is 4.36. The van der Waals surface area contributed by atoms with Gasteiger partial charge in [-0.3, -0.25) is 4.79 Å². The van der Waals surface area contributed by atoms with Crippen molar-refractivity contribution in [3.63, 3.8) is 0 Å². The van der Waals surface area contributed by atoms with Gasteiger partial charge in [0.25, 0.3) is 5.91 Å². The summed E-state index contributed by atoms with van der Waals surface area (Å²) in [7, 11) is -1.22. The van der Waals surface area contributed by atoms with Crippen molar-refractivity contribution >= 4 is 26.8 Å².